The summed E-state index contributed by atoms with van der Waals surface area (Å²) < 4.78 is 40.6. The lowest BCUT2D eigenvalue weighted by atomic mass is 10.1. The fourth-order valence-corrected chi connectivity index (χ4v) is 3.03. The standard InChI is InChI=1S/C19H19F3N6/c1-5-15-11(3)24-12(4)28(15)17-9-16(23)26-18(27-17)25-13-6-7-14(10(2)8-13)19(20,21)22/h5-9H,1H2,2-4H3,(H3,23,25,26,27). The van der Waals surface area contributed by atoms with E-state index < -0.39 is 11.7 Å². The molecule has 146 valence electrons. The van der Waals surface area contributed by atoms with Gasteiger partial charge in [0.2, 0.25) is 5.95 Å². The Hall–Kier alpha value is -3.36. The summed E-state index contributed by atoms with van der Waals surface area (Å²) in [5.74, 6) is 1.54. The van der Waals surface area contributed by atoms with Crippen molar-refractivity contribution >= 4 is 23.5 Å². The van der Waals surface area contributed by atoms with E-state index in [0.717, 1.165) is 17.5 Å². The highest BCUT2D eigenvalue weighted by atomic mass is 19.4. The molecule has 0 unspecified atom stereocenters. The summed E-state index contributed by atoms with van der Waals surface area (Å²) in [5, 5.41) is 2.91. The van der Waals surface area contributed by atoms with Crippen LogP contribution in [0.2, 0.25) is 0 Å². The third kappa shape index (κ3) is 3.68. The van der Waals surface area contributed by atoms with Crippen molar-refractivity contribution in [2.75, 3.05) is 11.1 Å². The second kappa shape index (κ2) is 6.99. The maximum atomic E-state index is 12.9. The molecule has 0 amide bonds. The number of nitrogen functional groups attached to an aromatic ring is 1. The van der Waals surface area contributed by atoms with Crippen molar-refractivity contribution < 1.29 is 13.2 Å². The highest BCUT2D eigenvalue weighted by Gasteiger charge is 2.32. The second-order valence-corrected chi connectivity index (χ2v) is 6.30. The number of nitrogens with one attached hydrogen (secondary N) is 1. The normalized spacial score (nSPS) is 11.5. The van der Waals surface area contributed by atoms with Crippen LogP contribution < -0.4 is 11.1 Å². The van der Waals surface area contributed by atoms with E-state index >= 15 is 0 Å². The third-order valence-corrected chi connectivity index (χ3v) is 4.21. The van der Waals surface area contributed by atoms with Gasteiger partial charge in [-0.15, -0.1) is 0 Å². The van der Waals surface area contributed by atoms with Crippen LogP contribution in [0.4, 0.5) is 30.6 Å². The van der Waals surface area contributed by atoms with Crippen LogP contribution in [-0.2, 0) is 6.18 Å². The number of nitrogens with two attached hydrogens (primary N) is 1. The van der Waals surface area contributed by atoms with Gasteiger partial charge < -0.3 is 11.1 Å². The zero-order valence-electron chi connectivity index (χ0n) is 15.6. The molecule has 0 aliphatic rings. The molecule has 0 spiro atoms. The van der Waals surface area contributed by atoms with Gasteiger partial charge in [0.05, 0.1) is 17.0 Å². The molecule has 0 saturated heterocycles. The van der Waals surface area contributed by atoms with Gasteiger partial charge in [0.1, 0.15) is 17.5 Å². The fraction of sp³-hybridized carbons (Fsp3) is 0.211. The first-order chi connectivity index (χ1) is 13.1. The summed E-state index contributed by atoms with van der Waals surface area (Å²) in [7, 11) is 0. The number of anilines is 3. The first-order valence-corrected chi connectivity index (χ1v) is 8.38. The highest BCUT2D eigenvalue weighted by Crippen LogP contribution is 2.33. The molecule has 9 heteroatoms. The Morgan fingerprint density at radius 2 is 1.82 bits per heavy atom. The molecule has 0 bridgehead atoms. The molecule has 0 radical (unpaired) electrons. The Bertz CT molecular complexity index is 1050. The van der Waals surface area contributed by atoms with E-state index in [1.165, 1.54) is 19.1 Å². The van der Waals surface area contributed by atoms with Gasteiger partial charge in [0, 0.05) is 11.8 Å². The molecule has 0 aliphatic heterocycles. The molecule has 0 fully saturated rings. The van der Waals surface area contributed by atoms with Crippen LogP contribution in [0.3, 0.4) is 0 Å². The van der Waals surface area contributed by atoms with Crippen molar-refractivity contribution in [3.8, 4) is 5.82 Å². The quantitative estimate of drug-likeness (QED) is 0.684. The van der Waals surface area contributed by atoms with E-state index in [4.69, 9.17) is 5.73 Å². The van der Waals surface area contributed by atoms with E-state index in [0.29, 0.717) is 17.3 Å². The monoisotopic (exact) mass is 388 g/mol. The third-order valence-electron chi connectivity index (χ3n) is 4.21. The van der Waals surface area contributed by atoms with Crippen molar-refractivity contribution in [2.45, 2.75) is 26.9 Å². The van der Waals surface area contributed by atoms with Crippen molar-refractivity contribution in [3.05, 3.63) is 59.2 Å². The average molecular weight is 388 g/mol. The van der Waals surface area contributed by atoms with Crippen LogP contribution in [0.1, 0.15) is 28.3 Å². The summed E-state index contributed by atoms with van der Waals surface area (Å²) in [6, 6.07) is 5.31. The number of aryl methyl sites for hydroxylation is 3. The number of benzene rings is 1. The largest absolute Gasteiger partial charge is 0.416 e. The minimum absolute atomic E-state index is 0.0941. The molecule has 6 nitrogen and oxygen atoms in total. The summed E-state index contributed by atoms with van der Waals surface area (Å²) in [6.07, 6.45) is -2.73. The van der Waals surface area contributed by atoms with Crippen molar-refractivity contribution in [1.29, 1.82) is 0 Å². The number of rotatable bonds is 4. The van der Waals surface area contributed by atoms with Crippen LogP contribution in [-0.4, -0.2) is 19.5 Å². The zero-order valence-corrected chi connectivity index (χ0v) is 15.6. The Labute approximate surface area is 160 Å². The van der Waals surface area contributed by atoms with Crippen molar-refractivity contribution in [1.82, 2.24) is 19.5 Å². The fourth-order valence-electron chi connectivity index (χ4n) is 3.03. The lowest BCUT2D eigenvalue weighted by molar-refractivity contribution is -0.138. The van der Waals surface area contributed by atoms with E-state index in [1.54, 1.807) is 16.7 Å². The van der Waals surface area contributed by atoms with Crippen LogP contribution in [0.25, 0.3) is 11.9 Å². The van der Waals surface area contributed by atoms with Crippen LogP contribution in [0, 0.1) is 20.8 Å². The summed E-state index contributed by atoms with van der Waals surface area (Å²) in [6.45, 7) is 8.88. The molecule has 1 aromatic carbocycles. The van der Waals surface area contributed by atoms with Gasteiger partial charge in [-0.25, -0.2) is 4.98 Å². The lowest BCUT2D eigenvalue weighted by Gasteiger charge is -2.13. The minimum Gasteiger partial charge on any atom is -0.383 e. The number of hydrogen-bond donors (Lipinski definition) is 2. The molecule has 0 aliphatic carbocycles. The number of halogens is 3. The molecule has 2 aromatic heterocycles. The summed E-state index contributed by atoms with van der Waals surface area (Å²) in [4.78, 5) is 13.0. The van der Waals surface area contributed by atoms with Crippen LogP contribution in [0.15, 0.2) is 30.8 Å². The Balaban J connectivity index is 2.00. The molecule has 0 saturated carbocycles. The number of aromatic nitrogens is 4. The van der Waals surface area contributed by atoms with Gasteiger partial charge in [0.25, 0.3) is 0 Å². The SMILES string of the molecule is C=Cc1c(C)nc(C)n1-c1cc(N)nc(Nc2ccc(C(F)(F)F)c(C)c2)n1. The van der Waals surface area contributed by atoms with Gasteiger partial charge in [-0.3, -0.25) is 4.57 Å². The average Bonchev–Trinajstić information content (AvgIpc) is 2.86. The Morgan fingerprint density at radius 3 is 2.43 bits per heavy atom. The Morgan fingerprint density at radius 1 is 1.11 bits per heavy atom. The first kappa shape index (κ1) is 19.4. The van der Waals surface area contributed by atoms with Crippen molar-refractivity contribution in [2.24, 2.45) is 0 Å². The van der Waals surface area contributed by atoms with E-state index in [1.807, 2.05) is 13.8 Å². The van der Waals surface area contributed by atoms with Crippen LogP contribution >= 0.6 is 0 Å². The van der Waals surface area contributed by atoms with E-state index in [9.17, 15) is 13.2 Å². The van der Waals surface area contributed by atoms with Crippen molar-refractivity contribution in [3.63, 3.8) is 0 Å². The molecule has 3 aromatic rings. The zero-order chi connectivity index (χ0) is 20.6. The highest BCUT2D eigenvalue weighted by molar-refractivity contribution is 5.59. The smallest absolute Gasteiger partial charge is 0.383 e. The van der Waals surface area contributed by atoms with Gasteiger partial charge in [-0.05, 0) is 50.6 Å². The maximum absolute atomic E-state index is 12.9. The van der Waals surface area contributed by atoms with E-state index in [-0.39, 0.29) is 17.3 Å². The van der Waals surface area contributed by atoms with Gasteiger partial charge in [-0.2, -0.15) is 23.1 Å². The summed E-state index contributed by atoms with van der Waals surface area (Å²) in [5.41, 5.74) is 7.30. The molecule has 2 heterocycles. The minimum atomic E-state index is -4.40. The predicted molar refractivity (Wildman–Crippen MR) is 103 cm³/mol. The maximum Gasteiger partial charge on any atom is 0.416 e. The summed E-state index contributed by atoms with van der Waals surface area (Å²) >= 11 is 0. The first-order valence-electron chi connectivity index (χ1n) is 8.38. The van der Waals surface area contributed by atoms with Gasteiger partial charge in [0.15, 0.2) is 0 Å². The molecule has 3 N–H and O–H groups in total. The number of hydrogen-bond acceptors (Lipinski definition) is 5. The molecule has 0 atom stereocenters. The second-order valence-electron chi connectivity index (χ2n) is 6.30. The number of imidazole rings is 1. The molecule has 28 heavy (non-hydrogen) atoms. The molecular formula is C19H19F3N6. The number of alkyl halides is 3. The van der Waals surface area contributed by atoms with E-state index in [2.05, 4.69) is 26.8 Å². The van der Waals surface area contributed by atoms with Gasteiger partial charge >= 0.3 is 6.18 Å². The lowest BCUT2D eigenvalue weighted by Crippen LogP contribution is -2.09. The topological polar surface area (TPSA) is 81.7 Å². The van der Waals surface area contributed by atoms with Gasteiger partial charge in [-0.1, -0.05) is 6.58 Å². The molecular weight excluding hydrogens is 369 g/mol. The van der Waals surface area contributed by atoms with Crippen LogP contribution in [0.5, 0.6) is 0 Å². The Kier molecular flexibility index (Phi) is 4.84. The predicted octanol–water partition coefficient (Wildman–Crippen LogP) is 4.58. The molecule has 3 rings (SSSR count). The number of nitrogens with zero attached hydrogens (tertiary/aromatic N) is 4.